The monoisotopic (exact) mass is 403 g/mol. The number of methoxy groups -OCH3 is 1. The highest BCUT2D eigenvalue weighted by Crippen LogP contribution is 2.31. The maximum absolute atomic E-state index is 13.6. The van der Waals surface area contributed by atoms with Crippen LogP contribution in [0.3, 0.4) is 0 Å². The molecule has 2 aromatic heterocycles. The first-order chi connectivity index (χ1) is 14.6. The molecule has 0 aliphatic rings. The molecule has 1 amide bonds. The molecule has 5 nitrogen and oxygen atoms in total. The van der Waals surface area contributed by atoms with Gasteiger partial charge in [0.2, 0.25) is 0 Å². The number of fused-ring (bicyclic) bond motifs is 1. The second kappa shape index (κ2) is 8.37. The molecule has 2 aromatic carbocycles. The molecule has 1 atom stereocenters. The number of halogens is 1. The molecule has 0 radical (unpaired) electrons. The first kappa shape index (κ1) is 19.6. The number of pyridine rings is 1. The summed E-state index contributed by atoms with van der Waals surface area (Å²) in [4.78, 5) is 17.4. The largest absolute Gasteiger partial charge is 0.496 e. The highest BCUT2D eigenvalue weighted by Gasteiger charge is 2.23. The van der Waals surface area contributed by atoms with E-state index in [4.69, 9.17) is 4.74 Å². The highest BCUT2D eigenvalue weighted by atomic mass is 19.1. The number of rotatable bonds is 6. The van der Waals surface area contributed by atoms with Crippen molar-refractivity contribution < 1.29 is 13.9 Å². The van der Waals surface area contributed by atoms with Crippen LogP contribution in [0, 0.1) is 5.82 Å². The third-order valence-electron chi connectivity index (χ3n) is 5.20. The molecule has 30 heavy (non-hydrogen) atoms. The van der Waals surface area contributed by atoms with Crippen molar-refractivity contribution in [3.8, 4) is 5.75 Å². The van der Waals surface area contributed by atoms with Gasteiger partial charge in [-0.05, 0) is 42.8 Å². The minimum atomic E-state index is -0.472. The smallest absolute Gasteiger partial charge is 0.255 e. The van der Waals surface area contributed by atoms with E-state index in [0.29, 0.717) is 11.3 Å². The lowest BCUT2D eigenvalue weighted by molar-refractivity contribution is 0.0940. The maximum Gasteiger partial charge on any atom is 0.255 e. The number of nitrogens with zero attached hydrogens (tertiary/aromatic N) is 2. The number of carbonyl (C=O) groups excluding carboxylic acids is 1. The van der Waals surface area contributed by atoms with E-state index in [1.165, 1.54) is 19.2 Å². The molecule has 0 aliphatic heterocycles. The first-order valence-corrected chi connectivity index (χ1v) is 9.74. The van der Waals surface area contributed by atoms with Crippen molar-refractivity contribution in [1.82, 2.24) is 14.9 Å². The van der Waals surface area contributed by atoms with Gasteiger partial charge in [-0.15, -0.1) is 0 Å². The second-order valence-corrected chi connectivity index (χ2v) is 6.92. The molecule has 152 valence electrons. The predicted octanol–water partition coefficient (Wildman–Crippen LogP) is 4.72. The molecule has 0 fully saturated rings. The number of benzene rings is 2. The number of nitrogens with one attached hydrogen (secondary N) is 1. The van der Waals surface area contributed by atoms with Crippen molar-refractivity contribution in [1.29, 1.82) is 0 Å². The number of aryl methyl sites for hydroxylation is 1. The van der Waals surface area contributed by atoms with Crippen LogP contribution >= 0.6 is 0 Å². The van der Waals surface area contributed by atoms with Crippen LogP contribution in [-0.4, -0.2) is 22.6 Å². The lowest BCUT2D eigenvalue weighted by atomic mass is 9.98. The van der Waals surface area contributed by atoms with E-state index < -0.39 is 6.04 Å². The Morgan fingerprint density at radius 2 is 1.93 bits per heavy atom. The molecular formula is C24H22FN3O2. The fourth-order valence-electron chi connectivity index (χ4n) is 3.69. The van der Waals surface area contributed by atoms with Crippen LogP contribution in [0.25, 0.3) is 10.9 Å². The zero-order valence-corrected chi connectivity index (χ0v) is 16.8. The Morgan fingerprint density at radius 1 is 1.17 bits per heavy atom. The van der Waals surface area contributed by atoms with E-state index in [-0.39, 0.29) is 11.7 Å². The van der Waals surface area contributed by atoms with Crippen molar-refractivity contribution >= 4 is 16.8 Å². The number of para-hydroxylation sites is 1. The Balaban J connectivity index is 1.82. The summed E-state index contributed by atoms with van der Waals surface area (Å²) in [7, 11) is 1.53. The number of carbonyl (C=O) groups is 1. The Bertz CT molecular complexity index is 1180. The Morgan fingerprint density at radius 3 is 2.67 bits per heavy atom. The van der Waals surface area contributed by atoms with Crippen LogP contribution < -0.4 is 10.1 Å². The Kier molecular flexibility index (Phi) is 5.48. The summed E-state index contributed by atoms with van der Waals surface area (Å²) >= 11 is 0. The topological polar surface area (TPSA) is 56.2 Å². The maximum atomic E-state index is 13.6. The van der Waals surface area contributed by atoms with Crippen LogP contribution in [0.2, 0.25) is 0 Å². The minimum absolute atomic E-state index is 0.270. The lowest BCUT2D eigenvalue weighted by Crippen LogP contribution is -2.29. The summed E-state index contributed by atoms with van der Waals surface area (Å²) in [6.07, 6.45) is 5.56. The first-order valence-electron chi connectivity index (χ1n) is 9.74. The standard InChI is InChI=1S/C24H22FN3O2/c1-3-28-15-20(18-12-13-26-14-21(18)28)23(16-8-10-17(25)11-9-16)27-24(29)19-6-4-5-7-22(19)30-2/h4-15,23H,3H2,1-2H3,(H,27,29). The van der Waals surface area contributed by atoms with Gasteiger partial charge in [0.15, 0.2) is 0 Å². The molecule has 0 aliphatic carbocycles. The summed E-state index contributed by atoms with van der Waals surface area (Å²) in [5.41, 5.74) is 3.12. The van der Waals surface area contributed by atoms with Crippen molar-refractivity contribution in [3.63, 3.8) is 0 Å². The molecular weight excluding hydrogens is 381 g/mol. The van der Waals surface area contributed by atoms with Crippen LogP contribution in [0.15, 0.2) is 73.2 Å². The quantitative estimate of drug-likeness (QED) is 0.507. The average Bonchev–Trinajstić information content (AvgIpc) is 3.16. The van der Waals surface area contributed by atoms with Gasteiger partial charge in [-0.25, -0.2) is 4.39 Å². The second-order valence-electron chi connectivity index (χ2n) is 6.92. The lowest BCUT2D eigenvalue weighted by Gasteiger charge is -2.20. The summed E-state index contributed by atoms with van der Waals surface area (Å²) < 4.78 is 21.0. The Hall–Kier alpha value is -3.67. The number of hydrogen-bond acceptors (Lipinski definition) is 3. The third kappa shape index (κ3) is 3.64. The van der Waals surface area contributed by atoms with Gasteiger partial charge in [-0.1, -0.05) is 24.3 Å². The number of aromatic nitrogens is 2. The zero-order valence-electron chi connectivity index (χ0n) is 16.8. The van der Waals surface area contributed by atoms with E-state index in [2.05, 4.69) is 21.8 Å². The van der Waals surface area contributed by atoms with Crippen LogP contribution in [0.5, 0.6) is 5.75 Å². The van der Waals surface area contributed by atoms with Crippen molar-refractivity contribution in [2.24, 2.45) is 0 Å². The van der Waals surface area contributed by atoms with Crippen molar-refractivity contribution in [2.75, 3.05) is 7.11 Å². The average molecular weight is 403 g/mol. The zero-order chi connectivity index (χ0) is 21.1. The molecule has 0 bridgehead atoms. The third-order valence-corrected chi connectivity index (χ3v) is 5.20. The molecule has 0 spiro atoms. The summed E-state index contributed by atoms with van der Waals surface area (Å²) in [6.45, 7) is 2.81. The fourth-order valence-corrected chi connectivity index (χ4v) is 3.69. The van der Waals surface area contributed by atoms with Crippen LogP contribution in [-0.2, 0) is 6.54 Å². The normalized spacial score (nSPS) is 12.0. The van der Waals surface area contributed by atoms with Gasteiger partial charge in [-0.3, -0.25) is 9.78 Å². The van der Waals surface area contributed by atoms with E-state index in [9.17, 15) is 9.18 Å². The minimum Gasteiger partial charge on any atom is -0.496 e. The van der Waals surface area contributed by atoms with Gasteiger partial charge < -0.3 is 14.6 Å². The van der Waals surface area contributed by atoms with Crippen molar-refractivity contribution in [3.05, 3.63) is 95.7 Å². The van der Waals surface area contributed by atoms with Crippen LogP contribution in [0.1, 0.15) is 34.5 Å². The van der Waals surface area contributed by atoms with E-state index in [1.54, 1.807) is 36.5 Å². The van der Waals surface area contributed by atoms with E-state index in [0.717, 1.165) is 28.6 Å². The molecule has 4 aromatic rings. The van der Waals surface area contributed by atoms with E-state index in [1.807, 2.05) is 24.5 Å². The number of hydrogen-bond donors (Lipinski definition) is 1. The molecule has 6 heteroatoms. The molecule has 0 saturated carbocycles. The summed E-state index contributed by atoms with van der Waals surface area (Å²) in [5.74, 6) is -0.102. The molecule has 1 unspecified atom stereocenters. The van der Waals surface area contributed by atoms with Crippen molar-refractivity contribution in [2.45, 2.75) is 19.5 Å². The number of ether oxygens (including phenoxy) is 1. The molecule has 2 heterocycles. The van der Waals surface area contributed by atoms with Gasteiger partial charge in [0, 0.05) is 29.9 Å². The summed E-state index contributed by atoms with van der Waals surface area (Å²) in [6, 6.07) is 14.7. The fraction of sp³-hybridized carbons (Fsp3) is 0.167. The van der Waals surface area contributed by atoms with Gasteiger partial charge in [0.1, 0.15) is 11.6 Å². The molecule has 1 N–H and O–H groups in total. The SMILES string of the molecule is CCn1cc(C(NC(=O)c2ccccc2OC)c2ccc(F)cc2)c2ccncc21. The molecule has 4 rings (SSSR count). The van der Waals surface area contributed by atoms with E-state index >= 15 is 0 Å². The van der Waals surface area contributed by atoms with Crippen LogP contribution in [0.4, 0.5) is 4.39 Å². The van der Waals surface area contributed by atoms with Gasteiger partial charge >= 0.3 is 0 Å². The highest BCUT2D eigenvalue weighted by molar-refractivity contribution is 5.98. The number of amides is 1. The molecule has 0 saturated heterocycles. The van der Waals surface area contributed by atoms with Gasteiger partial charge in [0.25, 0.3) is 5.91 Å². The summed E-state index contributed by atoms with van der Waals surface area (Å²) in [5, 5.41) is 4.10. The Labute approximate surface area is 174 Å². The van der Waals surface area contributed by atoms with Gasteiger partial charge in [-0.2, -0.15) is 0 Å². The predicted molar refractivity (Wildman–Crippen MR) is 114 cm³/mol. The van der Waals surface area contributed by atoms with Gasteiger partial charge in [0.05, 0.1) is 30.4 Å².